The SMILES string of the molecule is O=C1OC(c2cc([N+](=O)[O-])ccc2Cl)=NC1=Cc1ccc([N+](=O)[O-])cc1. The van der Waals surface area contributed by atoms with Crippen LogP contribution in [0.25, 0.3) is 6.08 Å². The van der Waals surface area contributed by atoms with Gasteiger partial charge in [0.1, 0.15) is 0 Å². The van der Waals surface area contributed by atoms with E-state index in [1.807, 2.05) is 0 Å². The van der Waals surface area contributed by atoms with Crippen LogP contribution in [0.5, 0.6) is 0 Å². The highest BCUT2D eigenvalue weighted by Crippen LogP contribution is 2.27. The first-order valence-electron chi connectivity index (χ1n) is 7.06. The average molecular weight is 374 g/mol. The lowest BCUT2D eigenvalue weighted by atomic mass is 10.2. The zero-order chi connectivity index (χ0) is 18.8. The van der Waals surface area contributed by atoms with Crippen molar-refractivity contribution in [3.05, 3.63) is 84.5 Å². The van der Waals surface area contributed by atoms with Gasteiger partial charge in [0, 0.05) is 24.3 Å². The van der Waals surface area contributed by atoms with Crippen molar-refractivity contribution >= 4 is 40.9 Å². The molecule has 1 heterocycles. The smallest absolute Gasteiger partial charge is 0.363 e. The van der Waals surface area contributed by atoms with E-state index in [0.29, 0.717) is 5.56 Å². The molecule has 0 saturated carbocycles. The van der Waals surface area contributed by atoms with E-state index in [0.717, 1.165) is 6.07 Å². The normalized spacial score (nSPS) is 14.9. The van der Waals surface area contributed by atoms with Gasteiger partial charge in [-0.1, -0.05) is 11.6 Å². The van der Waals surface area contributed by atoms with Gasteiger partial charge in [0.25, 0.3) is 11.4 Å². The van der Waals surface area contributed by atoms with Crippen LogP contribution in [0.2, 0.25) is 5.02 Å². The molecular formula is C16H8ClN3O6. The molecule has 0 bridgehead atoms. The van der Waals surface area contributed by atoms with E-state index in [1.165, 1.54) is 42.5 Å². The number of halogens is 1. The maximum Gasteiger partial charge on any atom is 0.363 e. The first kappa shape index (κ1) is 17.2. The molecule has 0 saturated heterocycles. The van der Waals surface area contributed by atoms with E-state index < -0.39 is 15.8 Å². The Morgan fingerprint density at radius 1 is 1.00 bits per heavy atom. The molecule has 9 nitrogen and oxygen atoms in total. The number of esters is 1. The summed E-state index contributed by atoms with van der Waals surface area (Å²) in [6, 6.07) is 9.16. The van der Waals surface area contributed by atoms with E-state index in [1.54, 1.807) is 0 Å². The summed E-state index contributed by atoms with van der Waals surface area (Å²) in [5.41, 5.74) is 0.236. The van der Waals surface area contributed by atoms with Gasteiger partial charge in [0.2, 0.25) is 5.90 Å². The lowest BCUT2D eigenvalue weighted by molar-refractivity contribution is -0.385. The van der Waals surface area contributed by atoms with E-state index in [9.17, 15) is 25.0 Å². The molecule has 3 rings (SSSR count). The summed E-state index contributed by atoms with van der Waals surface area (Å²) in [7, 11) is 0. The van der Waals surface area contributed by atoms with Crippen LogP contribution in [-0.4, -0.2) is 21.7 Å². The number of nitrogens with zero attached hydrogens (tertiary/aromatic N) is 3. The fourth-order valence-corrected chi connectivity index (χ4v) is 2.36. The molecule has 1 aliphatic rings. The minimum Gasteiger partial charge on any atom is -0.402 e. The van der Waals surface area contributed by atoms with Crippen molar-refractivity contribution in [2.45, 2.75) is 0 Å². The number of hydrogen-bond acceptors (Lipinski definition) is 7. The van der Waals surface area contributed by atoms with Crippen molar-refractivity contribution in [2.75, 3.05) is 0 Å². The highest BCUT2D eigenvalue weighted by Gasteiger charge is 2.27. The molecule has 0 unspecified atom stereocenters. The second kappa shape index (κ2) is 6.73. The van der Waals surface area contributed by atoms with Gasteiger partial charge in [-0.15, -0.1) is 0 Å². The largest absolute Gasteiger partial charge is 0.402 e. The van der Waals surface area contributed by atoms with Gasteiger partial charge in [-0.3, -0.25) is 20.2 Å². The van der Waals surface area contributed by atoms with E-state index >= 15 is 0 Å². The molecular weight excluding hydrogens is 366 g/mol. The Morgan fingerprint density at radius 2 is 1.62 bits per heavy atom. The lowest BCUT2D eigenvalue weighted by Crippen LogP contribution is -2.06. The molecule has 1 aliphatic heterocycles. The average Bonchev–Trinajstić information content (AvgIpc) is 2.96. The third-order valence-corrected chi connectivity index (χ3v) is 3.75. The monoisotopic (exact) mass is 373 g/mol. The van der Waals surface area contributed by atoms with Crippen LogP contribution >= 0.6 is 11.6 Å². The summed E-state index contributed by atoms with van der Waals surface area (Å²) < 4.78 is 5.04. The van der Waals surface area contributed by atoms with Gasteiger partial charge in [0.05, 0.1) is 20.4 Å². The minimum absolute atomic E-state index is 0.0589. The molecule has 2 aromatic rings. The maximum atomic E-state index is 12.0. The fraction of sp³-hybridized carbons (Fsp3) is 0. The number of non-ortho nitro benzene ring substituents is 2. The summed E-state index contributed by atoms with van der Waals surface area (Å²) in [5, 5.41) is 21.7. The number of rotatable bonds is 4. The molecule has 0 aliphatic carbocycles. The molecule has 2 aromatic carbocycles. The molecule has 26 heavy (non-hydrogen) atoms. The Balaban J connectivity index is 1.95. The van der Waals surface area contributed by atoms with Gasteiger partial charge < -0.3 is 4.74 Å². The predicted molar refractivity (Wildman–Crippen MR) is 91.8 cm³/mol. The van der Waals surface area contributed by atoms with Gasteiger partial charge >= 0.3 is 5.97 Å². The maximum absolute atomic E-state index is 12.0. The molecule has 0 atom stereocenters. The third-order valence-electron chi connectivity index (χ3n) is 3.42. The molecule has 0 spiro atoms. The van der Waals surface area contributed by atoms with E-state index in [4.69, 9.17) is 16.3 Å². The Morgan fingerprint density at radius 3 is 2.23 bits per heavy atom. The number of aliphatic imine (C=N–C) groups is 1. The summed E-state index contributed by atoms with van der Waals surface area (Å²) in [6.07, 6.45) is 1.38. The zero-order valence-corrected chi connectivity index (χ0v) is 13.5. The van der Waals surface area contributed by atoms with Crippen LogP contribution in [0, 0.1) is 20.2 Å². The van der Waals surface area contributed by atoms with Crippen LogP contribution in [0.15, 0.2) is 53.2 Å². The number of ether oxygens (including phenoxy) is 1. The van der Waals surface area contributed by atoms with Crippen LogP contribution < -0.4 is 0 Å². The topological polar surface area (TPSA) is 125 Å². The number of carbonyl (C=O) groups is 1. The van der Waals surface area contributed by atoms with Gasteiger partial charge in [-0.25, -0.2) is 9.79 Å². The highest BCUT2D eigenvalue weighted by atomic mass is 35.5. The molecule has 0 radical (unpaired) electrons. The summed E-state index contributed by atoms with van der Waals surface area (Å²) in [6.45, 7) is 0. The van der Waals surface area contributed by atoms with Crippen LogP contribution in [-0.2, 0) is 9.53 Å². The Labute approximate surface area is 150 Å². The standard InChI is InChI=1S/C16H8ClN3O6/c17-13-6-5-11(20(24)25)8-12(13)15-18-14(16(21)26-15)7-9-1-3-10(4-2-9)19(22)23/h1-8H. The second-order valence-corrected chi connectivity index (χ2v) is 5.51. The van der Waals surface area contributed by atoms with Crippen molar-refractivity contribution in [3.8, 4) is 0 Å². The van der Waals surface area contributed by atoms with E-state index in [2.05, 4.69) is 4.99 Å². The van der Waals surface area contributed by atoms with E-state index in [-0.39, 0.29) is 33.6 Å². The van der Waals surface area contributed by atoms with Crippen molar-refractivity contribution < 1.29 is 19.4 Å². The first-order valence-corrected chi connectivity index (χ1v) is 7.44. The Hall–Kier alpha value is -3.59. The molecule has 0 fully saturated rings. The highest BCUT2D eigenvalue weighted by molar-refractivity contribution is 6.34. The van der Waals surface area contributed by atoms with Gasteiger partial charge in [-0.2, -0.15) is 0 Å². The van der Waals surface area contributed by atoms with Crippen LogP contribution in [0.4, 0.5) is 11.4 Å². The molecule has 0 N–H and O–H groups in total. The lowest BCUT2D eigenvalue weighted by Gasteiger charge is -2.02. The predicted octanol–water partition coefficient (Wildman–Crippen LogP) is 3.50. The number of nitro groups is 2. The number of hydrogen-bond donors (Lipinski definition) is 0. The Bertz CT molecular complexity index is 998. The Kier molecular flexibility index (Phi) is 4.46. The zero-order valence-electron chi connectivity index (χ0n) is 12.8. The second-order valence-electron chi connectivity index (χ2n) is 5.11. The quantitative estimate of drug-likeness (QED) is 0.349. The number of nitro benzene ring substituents is 2. The van der Waals surface area contributed by atoms with Crippen molar-refractivity contribution in [2.24, 2.45) is 4.99 Å². The van der Waals surface area contributed by atoms with Crippen molar-refractivity contribution in [1.82, 2.24) is 0 Å². The molecule has 0 aromatic heterocycles. The first-order chi connectivity index (χ1) is 12.3. The fourth-order valence-electron chi connectivity index (χ4n) is 2.17. The van der Waals surface area contributed by atoms with Crippen LogP contribution in [0.3, 0.4) is 0 Å². The van der Waals surface area contributed by atoms with Crippen molar-refractivity contribution in [1.29, 1.82) is 0 Å². The molecule has 130 valence electrons. The number of carbonyl (C=O) groups excluding carboxylic acids is 1. The molecule has 0 amide bonds. The minimum atomic E-state index is -0.763. The summed E-state index contributed by atoms with van der Waals surface area (Å²) in [5.74, 6) is -0.919. The summed E-state index contributed by atoms with van der Waals surface area (Å²) in [4.78, 5) is 36.4. The third kappa shape index (κ3) is 3.42. The summed E-state index contributed by atoms with van der Waals surface area (Å²) >= 11 is 6.01. The number of cyclic esters (lactones) is 1. The van der Waals surface area contributed by atoms with Crippen LogP contribution in [0.1, 0.15) is 11.1 Å². The van der Waals surface area contributed by atoms with Gasteiger partial charge in [-0.05, 0) is 29.8 Å². The molecule has 10 heteroatoms. The van der Waals surface area contributed by atoms with Crippen molar-refractivity contribution in [3.63, 3.8) is 0 Å². The van der Waals surface area contributed by atoms with Gasteiger partial charge in [0.15, 0.2) is 5.70 Å². The number of benzene rings is 2.